The molecule has 28 heavy (non-hydrogen) atoms. The molecule has 1 aromatic carbocycles. The summed E-state index contributed by atoms with van der Waals surface area (Å²) in [5.41, 5.74) is 0.158. The van der Waals surface area contributed by atoms with Crippen LogP contribution in [0, 0.1) is 14.9 Å². The van der Waals surface area contributed by atoms with Crippen molar-refractivity contribution in [1.82, 2.24) is 10.2 Å². The molecule has 1 fully saturated rings. The maximum atomic E-state index is 12.9. The molecule has 0 aromatic heterocycles. The molecule has 1 aromatic rings. The van der Waals surface area contributed by atoms with Crippen LogP contribution in [0.3, 0.4) is 0 Å². The van der Waals surface area contributed by atoms with Crippen molar-refractivity contribution in [2.75, 3.05) is 6.54 Å². The highest BCUT2D eigenvalue weighted by Gasteiger charge is 2.34. The molecule has 1 N–H and O–H groups in total. The molecular formula is C21H28IN3O3. The van der Waals surface area contributed by atoms with Crippen molar-refractivity contribution in [3.8, 4) is 6.07 Å². The van der Waals surface area contributed by atoms with Gasteiger partial charge in [0.1, 0.15) is 5.60 Å². The van der Waals surface area contributed by atoms with E-state index < -0.39 is 23.6 Å². The third-order valence-electron chi connectivity index (χ3n) is 4.63. The van der Waals surface area contributed by atoms with Gasteiger partial charge in [0.2, 0.25) is 0 Å². The zero-order chi connectivity index (χ0) is 20.7. The molecule has 7 heteroatoms. The molecule has 0 heterocycles. The Balaban J connectivity index is 2.09. The van der Waals surface area contributed by atoms with Gasteiger partial charge in [0, 0.05) is 16.2 Å². The highest BCUT2D eigenvalue weighted by Crippen LogP contribution is 2.25. The van der Waals surface area contributed by atoms with Gasteiger partial charge in [0.05, 0.1) is 12.0 Å². The first-order chi connectivity index (χ1) is 13.2. The molecule has 0 aliphatic heterocycles. The number of halogens is 1. The van der Waals surface area contributed by atoms with Gasteiger partial charge in [0.15, 0.2) is 0 Å². The molecule has 1 aliphatic carbocycles. The summed E-state index contributed by atoms with van der Waals surface area (Å²) in [5.74, 6) is -0.479. The Morgan fingerprint density at radius 3 is 2.39 bits per heavy atom. The number of nitrogens with zero attached hydrogens (tertiary/aromatic N) is 2. The fourth-order valence-electron chi connectivity index (χ4n) is 3.26. The fraction of sp³-hybridized carbons (Fsp3) is 0.571. The topological polar surface area (TPSA) is 82.4 Å². The number of benzene rings is 1. The summed E-state index contributed by atoms with van der Waals surface area (Å²) < 4.78 is 6.54. The summed E-state index contributed by atoms with van der Waals surface area (Å²) in [4.78, 5) is 26.8. The van der Waals surface area contributed by atoms with E-state index in [1.165, 1.54) is 4.90 Å². The van der Waals surface area contributed by atoms with Gasteiger partial charge in [0.25, 0.3) is 0 Å². The third kappa shape index (κ3) is 6.66. The van der Waals surface area contributed by atoms with E-state index in [0.717, 1.165) is 41.2 Å². The number of ether oxygens (including phenoxy) is 1. The summed E-state index contributed by atoms with van der Waals surface area (Å²) in [6.07, 6.45) is 4.03. The molecule has 3 amide bonds. The molecule has 0 saturated heterocycles. The Morgan fingerprint density at radius 2 is 1.86 bits per heavy atom. The molecule has 0 spiro atoms. The van der Waals surface area contributed by atoms with Gasteiger partial charge in [-0.25, -0.2) is 14.5 Å². The fourth-order valence-corrected chi connectivity index (χ4v) is 3.62. The molecule has 1 unspecified atom stereocenters. The van der Waals surface area contributed by atoms with Crippen molar-refractivity contribution >= 4 is 34.7 Å². The van der Waals surface area contributed by atoms with Gasteiger partial charge >= 0.3 is 12.1 Å². The highest BCUT2D eigenvalue weighted by molar-refractivity contribution is 14.1. The second-order valence-electron chi connectivity index (χ2n) is 8.06. The van der Waals surface area contributed by atoms with Gasteiger partial charge in [-0.3, -0.25) is 0 Å². The predicted octanol–water partition coefficient (Wildman–Crippen LogP) is 5.18. The van der Waals surface area contributed by atoms with E-state index in [2.05, 4.69) is 34.0 Å². The number of nitriles is 1. The lowest BCUT2D eigenvalue weighted by Crippen LogP contribution is -2.52. The SMILES string of the molecule is CC(C)(C)OC(=O)N(C(=O)NCC(C#N)c1ccc(I)cc1)C1CCCCC1. The van der Waals surface area contributed by atoms with Crippen LogP contribution in [-0.2, 0) is 4.74 Å². The molecule has 0 radical (unpaired) electrons. The second kappa shape index (κ2) is 10.1. The number of hydrogen-bond donors (Lipinski definition) is 1. The summed E-state index contributed by atoms with van der Waals surface area (Å²) >= 11 is 2.20. The minimum absolute atomic E-state index is 0.141. The largest absolute Gasteiger partial charge is 0.443 e. The average molecular weight is 497 g/mol. The van der Waals surface area contributed by atoms with Gasteiger partial charge < -0.3 is 10.1 Å². The van der Waals surface area contributed by atoms with E-state index in [1.54, 1.807) is 20.8 Å². The van der Waals surface area contributed by atoms with Crippen LogP contribution >= 0.6 is 22.6 Å². The van der Waals surface area contributed by atoms with Crippen LogP contribution in [0.25, 0.3) is 0 Å². The Bertz CT molecular complexity index is 716. The number of urea groups is 1. The maximum absolute atomic E-state index is 12.9. The van der Waals surface area contributed by atoms with E-state index in [0.29, 0.717) is 0 Å². The number of hydrogen-bond acceptors (Lipinski definition) is 4. The zero-order valence-corrected chi connectivity index (χ0v) is 18.9. The van der Waals surface area contributed by atoms with E-state index >= 15 is 0 Å². The summed E-state index contributed by atoms with van der Waals surface area (Å²) in [6.45, 7) is 5.49. The number of carbonyl (C=O) groups is 2. The third-order valence-corrected chi connectivity index (χ3v) is 5.35. The second-order valence-corrected chi connectivity index (χ2v) is 9.31. The van der Waals surface area contributed by atoms with Crippen molar-refractivity contribution in [2.45, 2.75) is 70.4 Å². The molecule has 1 aliphatic rings. The van der Waals surface area contributed by atoms with E-state index in [9.17, 15) is 14.9 Å². The number of amides is 3. The Labute approximate surface area is 180 Å². The normalized spacial score (nSPS) is 16.0. The first kappa shape index (κ1) is 22.5. The van der Waals surface area contributed by atoms with E-state index in [-0.39, 0.29) is 12.6 Å². The lowest BCUT2D eigenvalue weighted by molar-refractivity contribution is 0.0222. The van der Waals surface area contributed by atoms with Crippen molar-refractivity contribution in [3.63, 3.8) is 0 Å². The zero-order valence-electron chi connectivity index (χ0n) is 16.7. The minimum Gasteiger partial charge on any atom is -0.443 e. The Morgan fingerprint density at radius 1 is 1.25 bits per heavy atom. The van der Waals surface area contributed by atoms with Crippen LogP contribution in [-0.4, -0.2) is 35.2 Å². The van der Waals surface area contributed by atoms with E-state index in [4.69, 9.17) is 4.74 Å². The quantitative estimate of drug-likeness (QED) is 0.582. The molecule has 0 bridgehead atoms. The average Bonchev–Trinajstić information content (AvgIpc) is 2.63. The number of nitrogens with one attached hydrogen (secondary N) is 1. The molecule has 6 nitrogen and oxygen atoms in total. The Hall–Kier alpha value is -1.82. The first-order valence-corrected chi connectivity index (χ1v) is 10.7. The molecule has 152 valence electrons. The monoisotopic (exact) mass is 497 g/mol. The van der Waals surface area contributed by atoms with Crippen LogP contribution in [0.15, 0.2) is 24.3 Å². The standard InChI is InChI=1S/C21H28IN3O3/c1-21(2,3)28-20(27)25(18-7-5-4-6-8-18)19(26)24-14-16(13-23)15-9-11-17(22)12-10-15/h9-12,16,18H,4-8,14H2,1-3H3,(H,24,26). The van der Waals surface area contributed by atoms with Crippen LogP contribution in [0.2, 0.25) is 0 Å². The lowest BCUT2D eigenvalue weighted by Gasteiger charge is -2.34. The highest BCUT2D eigenvalue weighted by atomic mass is 127. The van der Waals surface area contributed by atoms with Crippen molar-refractivity contribution in [3.05, 3.63) is 33.4 Å². The van der Waals surface area contributed by atoms with Crippen LogP contribution in [0.5, 0.6) is 0 Å². The van der Waals surface area contributed by atoms with Gasteiger partial charge in [-0.15, -0.1) is 0 Å². The Kier molecular flexibility index (Phi) is 8.10. The van der Waals surface area contributed by atoms with Crippen LogP contribution < -0.4 is 5.32 Å². The molecule has 1 atom stereocenters. The molecule has 2 rings (SSSR count). The van der Waals surface area contributed by atoms with Crippen LogP contribution in [0.1, 0.15) is 64.4 Å². The van der Waals surface area contributed by atoms with Crippen LogP contribution in [0.4, 0.5) is 9.59 Å². The van der Waals surface area contributed by atoms with Crippen molar-refractivity contribution < 1.29 is 14.3 Å². The summed E-state index contributed by atoms with van der Waals surface area (Å²) in [7, 11) is 0. The van der Waals surface area contributed by atoms with Crippen molar-refractivity contribution in [2.24, 2.45) is 0 Å². The summed E-state index contributed by atoms with van der Waals surface area (Å²) in [6, 6.07) is 9.19. The lowest BCUT2D eigenvalue weighted by atomic mass is 9.94. The predicted molar refractivity (Wildman–Crippen MR) is 116 cm³/mol. The van der Waals surface area contributed by atoms with Gasteiger partial charge in [-0.2, -0.15) is 5.26 Å². The maximum Gasteiger partial charge on any atom is 0.418 e. The minimum atomic E-state index is -0.680. The molecule has 1 saturated carbocycles. The summed E-state index contributed by atoms with van der Waals surface area (Å²) in [5, 5.41) is 12.3. The number of carbonyl (C=O) groups excluding carboxylic acids is 2. The van der Waals surface area contributed by atoms with E-state index in [1.807, 2.05) is 24.3 Å². The van der Waals surface area contributed by atoms with Crippen molar-refractivity contribution in [1.29, 1.82) is 5.26 Å². The number of rotatable bonds is 4. The number of imide groups is 1. The van der Waals surface area contributed by atoms with Gasteiger partial charge in [-0.05, 0) is 73.9 Å². The smallest absolute Gasteiger partial charge is 0.418 e. The van der Waals surface area contributed by atoms with Gasteiger partial charge in [-0.1, -0.05) is 31.4 Å². The first-order valence-electron chi connectivity index (χ1n) is 9.66. The molecular weight excluding hydrogens is 469 g/mol.